The molecule has 1 saturated carbocycles. The molecule has 6 nitrogen and oxygen atoms in total. The highest BCUT2D eigenvalue weighted by Crippen LogP contribution is 2.42. The Morgan fingerprint density at radius 2 is 1.79 bits per heavy atom. The summed E-state index contributed by atoms with van der Waals surface area (Å²) in [5.74, 6) is 0.458. The van der Waals surface area contributed by atoms with Gasteiger partial charge in [-0.05, 0) is 38.0 Å². The van der Waals surface area contributed by atoms with Gasteiger partial charge in [0, 0.05) is 18.7 Å². The number of methoxy groups -OCH3 is 2. The van der Waals surface area contributed by atoms with Crippen LogP contribution in [0.2, 0.25) is 0 Å². The molecule has 154 valence electrons. The first-order chi connectivity index (χ1) is 13.9. The lowest BCUT2D eigenvalue weighted by Crippen LogP contribution is -2.38. The SMILES string of the molecule is COc1ccc(NC(=O)C2CC2C(=O)N(Cc2ccccc2)C(C)C)c(OC)c1. The summed E-state index contributed by atoms with van der Waals surface area (Å²) in [6.07, 6.45) is 0.571. The number of amides is 2. The van der Waals surface area contributed by atoms with E-state index in [2.05, 4.69) is 5.32 Å². The van der Waals surface area contributed by atoms with E-state index in [-0.39, 0.29) is 29.7 Å². The Bertz CT molecular complexity index is 866. The molecule has 0 aliphatic heterocycles. The fourth-order valence-electron chi connectivity index (χ4n) is 3.39. The molecule has 1 fully saturated rings. The minimum atomic E-state index is -0.314. The Morgan fingerprint density at radius 1 is 1.07 bits per heavy atom. The first-order valence-electron chi connectivity index (χ1n) is 9.82. The fraction of sp³-hybridized carbons (Fsp3) is 0.391. The number of ether oxygens (including phenoxy) is 2. The molecule has 2 unspecified atom stereocenters. The summed E-state index contributed by atoms with van der Waals surface area (Å²) < 4.78 is 10.5. The van der Waals surface area contributed by atoms with Crippen molar-refractivity contribution >= 4 is 17.5 Å². The van der Waals surface area contributed by atoms with E-state index < -0.39 is 0 Å². The van der Waals surface area contributed by atoms with E-state index in [9.17, 15) is 9.59 Å². The number of hydrogen-bond acceptors (Lipinski definition) is 4. The smallest absolute Gasteiger partial charge is 0.228 e. The van der Waals surface area contributed by atoms with E-state index in [0.29, 0.717) is 30.2 Å². The van der Waals surface area contributed by atoms with Gasteiger partial charge in [-0.2, -0.15) is 0 Å². The Balaban J connectivity index is 1.64. The highest BCUT2D eigenvalue weighted by molar-refractivity contribution is 6.00. The second kappa shape index (κ2) is 8.99. The first-order valence-corrected chi connectivity index (χ1v) is 9.82. The number of nitrogens with one attached hydrogen (secondary N) is 1. The third-order valence-corrected chi connectivity index (χ3v) is 5.21. The molecule has 29 heavy (non-hydrogen) atoms. The minimum absolute atomic E-state index is 0.0331. The Kier molecular flexibility index (Phi) is 6.42. The lowest BCUT2D eigenvalue weighted by atomic mass is 10.1. The molecule has 0 aromatic heterocycles. The zero-order valence-electron chi connectivity index (χ0n) is 17.3. The summed E-state index contributed by atoms with van der Waals surface area (Å²) in [4.78, 5) is 27.6. The maximum absolute atomic E-state index is 13.0. The lowest BCUT2D eigenvalue weighted by Gasteiger charge is -2.27. The number of benzene rings is 2. The van der Waals surface area contributed by atoms with Crippen LogP contribution in [0.5, 0.6) is 11.5 Å². The van der Waals surface area contributed by atoms with Crippen LogP contribution in [0.1, 0.15) is 25.8 Å². The summed E-state index contributed by atoms with van der Waals surface area (Å²) in [5.41, 5.74) is 1.65. The predicted molar refractivity (Wildman–Crippen MR) is 112 cm³/mol. The van der Waals surface area contributed by atoms with Crippen molar-refractivity contribution in [1.29, 1.82) is 0 Å². The van der Waals surface area contributed by atoms with E-state index in [1.54, 1.807) is 25.3 Å². The molecule has 2 atom stereocenters. The number of nitrogens with zero attached hydrogens (tertiary/aromatic N) is 1. The molecule has 2 amide bonds. The Labute approximate surface area is 171 Å². The van der Waals surface area contributed by atoms with E-state index in [1.807, 2.05) is 49.1 Å². The highest BCUT2D eigenvalue weighted by atomic mass is 16.5. The van der Waals surface area contributed by atoms with E-state index in [4.69, 9.17) is 9.47 Å². The molecular weight excluding hydrogens is 368 g/mol. The van der Waals surface area contributed by atoms with Gasteiger partial charge in [0.25, 0.3) is 0 Å². The van der Waals surface area contributed by atoms with Gasteiger partial charge in [-0.15, -0.1) is 0 Å². The van der Waals surface area contributed by atoms with Crippen molar-refractivity contribution in [1.82, 2.24) is 4.90 Å². The molecule has 2 aromatic carbocycles. The first kappa shape index (κ1) is 20.7. The van der Waals surface area contributed by atoms with Crippen molar-refractivity contribution in [2.24, 2.45) is 11.8 Å². The average molecular weight is 396 g/mol. The van der Waals surface area contributed by atoms with Crippen LogP contribution in [0.25, 0.3) is 0 Å². The summed E-state index contributed by atoms with van der Waals surface area (Å²) in [6, 6.07) is 15.2. The normalized spacial score (nSPS) is 17.6. The third-order valence-electron chi connectivity index (χ3n) is 5.21. The standard InChI is InChI=1S/C23H28N2O4/c1-15(2)25(14-16-8-6-5-7-9-16)23(27)19-13-18(19)22(26)24-20-11-10-17(28-3)12-21(20)29-4/h5-12,15,18-19H,13-14H2,1-4H3,(H,24,26). The zero-order chi connectivity index (χ0) is 21.0. The number of carbonyl (C=O) groups excluding carboxylic acids is 2. The van der Waals surface area contributed by atoms with Gasteiger partial charge in [-0.3, -0.25) is 9.59 Å². The second-order valence-corrected chi connectivity index (χ2v) is 7.55. The summed E-state index contributed by atoms with van der Waals surface area (Å²) >= 11 is 0. The van der Waals surface area contributed by atoms with Crippen LogP contribution in [-0.2, 0) is 16.1 Å². The summed E-state index contributed by atoms with van der Waals surface area (Å²) in [5, 5.41) is 2.89. The van der Waals surface area contributed by atoms with Crippen LogP contribution in [0.3, 0.4) is 0 Å². The molecule has 0 bridgehead atoms. The van der Waals surface area contributed by atoms with Crippen LogP contribution in [0, 0.1) is 11.8 Å². The maximum atomic E-state index is 13.0. The number of carbonyl (C=O) groups is 2. The van der Waals surface area contributed by atoms with E-state index in [1.165, 1.54) is 7.11 Å². The van der Waals surface area contributed by atoms with Gasteiger partial charge in [0.1, 0.15) is 11.5 Å². The third kappa shape index (κ3) is 4.88. The molecule has 0 heterocycles. The molecule has 2 aromatic rings. The number of anilines is 1. The predicted octanol–water partition coefficient (Wildman–Crippen LogP) is 3.72. The maximum Gasteiger partial charge on any atom is 0.228 e. The molecular formula is C23H28N2O4. The van der Waals surface area contributed by atoms with Gasteiger partial charge in [0.2, 0.25) is 11.8 Å². The highest BCUT2D eigenvalue weighted by Gasteiger charge is 2.50. The van der Waals surface area contributed by atoms with Gasteiger partial charge >= 0.3 is 0 Å². The summed E-state index contributed by atoms with van der Waals surface area (Å²) in [7, 11) is 3.11. The lowest BCUT2D eigenvalue weighted by molar-refractivity contribution is -0.136. The molecule has 1 aliphatic carbocycles. The molecule has 0 spiro atoms. The van der Waals surface area contributed by atoms with Gasteiger partial charge in [0.05, 0.1) is 31.7 Å². The quantitative estimate of drug-likeness (QED) is 0.739. The van der Waals surface area contributed by atoms with Crippen molar-refractivity contribution in [2.75, 3.05) is 19.5 Å². The molecule has 0 radical (unpaired) electrons. The Morgan fingerprint density at radius 3 is 2.41 bits per heavy atom. The largest absolute Gasteiger partial charge is 0.497 e. The van der Waals surface area contributed by atoms with E-state index >= 15 is 0 Å². The molecule has 6 heteroatoms. The fourth-order valence-corrected chi connectivity index (χ4v) is 3.39. The topological polar surface area (TPSA) is 67.9 Å². The van der Waals surface area contributed by atoms with Crippen LogP contribution in [-0.4, -0.2) is 37.0 Å². The average Bonchev–Trinajstić information content (AvgIpc) is 3.53. The number of rotatable bonds is 8. The van der Waals surface area contributed by atoms with Crippen molar-refractivity contribution in [3.63, 3.8) is 0 Å². The van der Waals surface area contributed by atoms with Crippen molar-refractivity contribution < 1.29 is 19.1 Å². The van der Waals surface area contributed by atoms with Gasteiger partial charge < -0.3 is 19.7 Å². The van der Waals surface area contributed by atoms with Crippen LogP contribution >= 0.6 is 0 Å². The van der Waals surface area contributed by atoms with E-state index in [0.717, 1.165) is 5.56 Å². The van der Waals surface area contributed by atoms with Crippen molar-refractivity contribution in [3.05, 3.63) is 54.1 Å². The van der Waals surface area contributed by atoms with Crippen molar-refractivity contribution in [2.45, 2.75) is 32.9 Å². The molecule has 3 rings (SSSR count). The molecule has 1 aliphatic rings. The van der Waals surface area contributed by atoms with Gasteiger partial charge in [-0.25, -0.2) is 0 Å². The van der Waals surface area contributed by atoms with Gasteiger partial charge in [-0.1, -0.05) is 30.3 Å². The monoisotopic (exact) mass is 396 g/mol. The minimum Gasteiger partial charge on any atom is -0.497 e. The van der Waals surface area contributed by atoms with Gasteiger partial charge in [0.15, 0.2) is 0 Å². The molecule has 0 saturated heterocycles. The van der Waals surface area contributed by atoms with Crippen LogP contribution in [0.4, 0.5) is 5.69 Å². The van der Waals surface area contributed by atoms with Crippen molar-refractivity contribution in [3.8, 4) is 11.5 Å². The second-order valence-electron chi connectivity index (χ2n) is 7.55. The van der Waals surface area contributed by atoms with Crippen LogP contribution in [0.15, 0.2) is 48.5 Å². The number of hydrogen-bond donors (Lipinski definition) is 1. The summed E-state index contributed by atoms with van der Waals surface area (Å²) in [6.45, 7) is 4.55. The van der Waals surface area contributed by atoms with Crippen LogP contribution < -0.4 is 14.8 Å². The zero-order valence-corrected chi connectivity index (χ0v) is 17.3. The Hall–Kier alpha value is -3.02. The molecule has 1 N–H and O–H groups in total.